The normalized spacial score (nSPS) is 20.4. The van der Waals surface area contributed by atoms with Crippen molar-refractivity contribution in [3.05, 3.63) is 48.0 Å². The van der Waals surface area contributed by atoms with Gasteiger partial charge in [0, 0.05) is 45.3 Å². The fourth-order valence-corrected chi connectivity index (χ4v) is 3.32. The number of aromatic nitrogens is 3. The first-order valence-corrected chi connectivity index (χ1v) is 8.61. The minimum atomic E-state index is -0.874. The summed E-state index contributed by atoms with van der Waals surface area (Å²) < 4.78 is 1.61. The summed E-state index contributed by atoms with van der Waals surface area (Å²) in [6.45, 7) is 5.14. The summed E-state index contributed by atoms with van der Waals surface area (Å²) in [6, 6.07) is 3.97. The van der Waals surface area contributed by atoms with E-state index in [0.29, 0.717) is 31.6 Å². The van der Waals surface area contributed by atoms with Gasteiger partial charge in [-0.2, -0.15) is 5.10 Å². The van der Waals surface area contributed by atoms with E-state index < -0.39 is 5.60 Å². The molecule has 1 aliphatic rings. The molecular formula is C18H25N5O2. The van der Waals surface area contributed by atoms with Gasteiger partial charge in [-0.05, 0) is 30.7 Å². The average molecular weight is 343 g/mol. The van der Waals surface area contributed by atoms with Crippen LogP contribution >= 0.6 is 0 Å². The number of likely N-dealkylation sites (tertiary alicyclic amines) is 1. The van der Waals surface area contributed by atoms with E-state index in [4.69, 9.17) is 0 Å². The van der Waals surface area contributed by atoms with Crippen molar-refractivity contribution in [2.24, 2.45) is 7.05 Å². The van der Waals surface area contributed by atoms with Crippen molar-refractivity contribution in [1.82, 2.24) is 24.6 Å². The molecule has 0 bridgehead atoms. The number of hydrogen-bond donors (Lipinski definition) is 1. The Balaban J connectivity index is 1.61. The van der Waals surface area contributed by atoms with E-state index in [2.05, 4.69) is 21.9 Å². The maximum atomic E-state index is 12.5. The van der Waals surface area contributed by atoms with Crippen molar-refractivity contribution < 1.29 is 9.90 Å². The number of aryl methyl sites for hydroxylation is 1. The summed E-state index contributed by atoms with van der Waals surface area (Å²) in [5.41, 5.74) is 0.860. The summed E-state index contributed by atoms with van der Waals surface area (Å²) >= 11 is 0. The number of aliphatic hydroxyl groups is 1. The van der Waals surface area contributed by atoms with Crippen LogP contribution in [0.5, 0.6) is 0 Å². The lowest BCUT2D eigenvalue weighted by Crippen LogP contribution is -2.45. The topological polar surface area (TPSA) is 74.5 Å². The second-order valence-corrected chi connectivity index (χ2v) is 6.76. The SMILES string of the molecule is CCN(Cc1ccncc1)C[C@@]1(O)CCN(C(=O)c2cnn(C)c2)C1. The lowest BCUT2D eigenvalue weighted by Gasteiger charge is -2.30. The Labute approximate surface area is 147 Å². The van der Waals surface area contributed by atoms with Gasteiger partial charge < -0.3 is 10.0 Å². The molecule has 1 N–H and O–H groups in total. The third kappa shape index (κ3) is 4.24. The highest BCUT2D eigenvalue weighted by Crippen LogP contribution is 2.24. The lowest BCUT2D eigenvalue weighted by atomic mass is 10.0. The van der Waals surface area contributed by atoms with Crippen molar-refractivity contribution >= 4 is 5.91 Å². The molecule has 25 heavy (non-hydrogen) atoms. The number of rotatable bonds is 6. The quantitative estimate of drug-likeness (QED) is 0.844. The minimum absolute atomic E-state index is 0.0683. The smallest absolute Gasteiger partial charge is 0.257 e. The van der Waals surface area contributed by atoms with Gasteiger partial charge in [0.15, 0.2) is 0 Å². The Kier molecular flexibility index (Phi) is 5.15. The Hall–Kier alpha value is -2.25. The number of β-amino-alcohol motifs (C(OH)–C–C–N with tert-alkyl or cyclic N) is 1. The molecule has 1 saturated heterocycles. The third-order valence-electron chi connectivity index (χ3n) is 4.69. The molecule has 1 amide bonds. The molecule has 2 aromatic heterocycles. The second kappa shape index (κ2) is 7.33. The standard InChI is InChI=1S/C18H25N5O2/c1-3-22(11-15-4-7-19-8-5-15)13-18(25)6-9-23(14-18)17(24)16-10-20-21(2)12-16/h4-5,7-8,10,12,25H,3,6,9,11,13-14H2,1-2H3/t18-/m0/s1. The molecule has 2 aromatic rings. The van der Waals surface area contributed by atoms with Crippen molar-refractivity contribution in [2.45, 2.75) is 25.5 Å². The molecule has 7 heteroatoms. The van der Waals surface area contributed by atoms with Crippen LogP contribution in [-0.4, -0.2) is 67.4 Å². The molecule has 1 aliphatic heterocycles. The highest BCUT2D eigenvalue weighted by Gasteiger charge is 2.39. The third-order valence-corrected chi connectivity index (χ3v) is 4.69. The Bertz CT molecular complexity index is 717. The van der Waals surface area contributed by atoms with Crippen molar-refractivity contribution in [3.63, 3.8) is 0 Å². The average Bonchev–Trinajstić information content (AvgIpc) is 3.21. The van der Waals surface area contributed by atoms with E-state index in [9.17, 15) is 9.90 Å². The van der Waals surface area contributed by atoms with E-state index >= 15 is 0 Å². The molecule has 0 radical (unpaired) electrons. The highest BCUT2D eigenvalue weighted by molar-refractivity contribution is 5.94. The summed E-state index contributed by atoms with van der Waals surface area (Å²) in [7, 11) is 1.79. The molecule has 0 spiro atoms. The van der Waals surface area contributed by atoms with Crippen molar-refractivity contribution in [3.8, 4) is 0 Å². The van der Waals surface area contributed by atoms with Gasteiger partial charge in [-0.3, -0.25) is 19.4 Å². The van der Waals surface area contributed by atoms with Crippen LogP contribution in [0.25, 0.3) is 0 Å². The molecule has 0 unspecified atom stereocenters. The Morgan fingerprint density at radius 3 is 2.80 bits per heavy atom. The summed E-state index contributed by atoms with van der Waals surface area (Å²) in [5.74, 6) is -0.0683. The number of carbonyl (C=O) groups excluding carboxylic acids is 1. The molecule has 3 heterocycles. The van der Waals surface area contributed by atoms with E-state index in [1.807, 2.05) is 12.1 Å². The van der Waals surface area contributed by atoms with Gasteiger partial charge in [0.1, 0.15) is 0 Å². The maximum Gasteiger partial charge on any atom is 0.257 e. The number of nitrogens with zero attached hydrogens (tertiary/aromatic N) is 5. The van der Waals surface area contributed by atoms with Gasteiger partial charge >= 0.3 is 0 Å². The van der Waals surface area contributed by atoms with Crippen LogP contribution in [0.15, 0.2) is 36.9 Å². The van der Waals surface area contributed by atoms with E-state index in [1.54, 1.807) is 41.4 Å². The molecule has 1 fully saturated rings. The minimum Gasteiger partial charge on any atom is -0.387 e. The number of carbonyl (C=O) groups is 1. The fourth-order valence-electron chi connectivity index (χ4n) is 3.32. The van der Waals surface area contributed by atoms with Crippen LogP contribution in [0.1, 0.15) is 29.3 Å². The van der Waals surface area contributed by atoms with Gasteiger partial charge in [0.05, 0.1) is 23.9 Å². The zero-order chi connectivity index (χ0) is 17.9. The first kappa shape index (κ1) is 17.6. The monoisotopic (exact) mass is 343 g/mol. The largest absolute Gasteiger partial charge is 0.387 e. The van der Waals surface area contributed by atoms with Crippen LogP contribution in [0.3, 0.4) is 0 Å². The van der Waals surface area contributed by atoms with Crippen LogP contribution < -0.4 is 0 Å². The Morgan fingerprint density at radius 1 is 1.40 bits per heavy atom. The maximum absolute atomic E-state index is 12.5. The van der Waals surface area contributed by atoms with Gasteiger partial charge in [0.2, 0.25) is 0 Å². The van der Waals surface area contributed by atoms with Crippen LogP contribution in [0.2, 0.25) is 0 Å². The molecule has 134 valence electrons. The van der Waals surface area contributed by atoms with Gasteiger partial charge in [-0.1, -0.05) is 6.92 Å². The Morgan fingerprint density at radius 2 is 2.16 bits per heavy atom. The number of hydrogen-bond acceptors (Lipinski definition) is 5. The lowest BCUT2D eigenvalue weighted by molar-refractivity contribution is 0.0108. The zero-order valence-corrected chi connectivity index (χ0v) is 14.8. The number of likely N-dealkylation sites (N-methyl/N-ethyl adjacent to an activating group) is 1. The van der Waals surface area contributed by atoms with Crippen LogP contribution in [-0.2, 0) is 13.6 Å². The van der Waals surface area contributed by atoms with Crippen molar-refractivity contribution in [2.75, 3.05) is 26.2 Å². The highest BCUT2D eigenvalue weighted by atomic mass is 16.3. The molecule has 0 aliphatic carbocycles. The van der Waals surface area contributed by atoms with Gasteiger partial charge in [-0.25, -0.2) is 0 Å². The zero-order valence-electron chi connectivity index (χ0n) is 14.8. The molecule has 3 rings (SSSR count). The van der Waals surface area contributed by atoms with E-state index in [0.717, 1.165) is 13.1 Å². The fraction of sp³-hybridized carbons (Fsp3) is 0.500. The summed E-state index contributed by atoms with van der Waals surface area (Å²) in [5, 5.41) is 15.0. The summed E-state index contributed by atoms with van der Waals surface area (Å²) in [4.78, 5) is 20.5. The predicted molar refractivity (Wildman–Crippen MR) is 93.9 cm³/mol. The molecule has 1 atom stereocenters. The summed E-state index contributed by atoms with van der Waals surface area (Å²) in [6.07, 6.45) is 7.43. The second-order valence-electron chi connectivity index (χ2n) is 6.76. The van der Waals surface area contributed by atoms with E-state index in [-0.39, 0.29) is 5.91 Å². The molecule has 0 aromatic carbocycles. The van der Waals surface area contributed by atoms with Crippen LogP contribution in [0.4, 0.5) is 0 Å². The number of pyridine rings is 1. The number of amides is 1. The van der Waals surface area contributed by atoms with Gasteiger partial charge in [-0.15, -0.1) is 0 Å². The van der Waals surface area contributed by atoms with Crippen LogP contribution in [0, 0.1) is 0 Å². The molecule has 0 saturated carbocycles. The van der Waals surface area contributed by atoms with E-state index in [1.165, 1.54) is 5.56 Å². The molecule has 7 nitrogen and oxygen atoms in total. The first-order valence-electron chi connectivity index (χ1n) is 8.61. The first-order chi connectivity index (χ1) is 12.0. The predicted octanol–water partition coefficient (Wildman–Crippen LogP) is 0.914. The molecular weight excluding hydrogens is 318 g/mol. The van der Waals surface area contributed by atoms with Gasteiger partial charge in [0.25, 0.3) is 5.91 Å². The van der Waals surface area contributed by atoms with Crippen molar-refractivity contribution in [1.29, 1.82) is 0 Å².